The average molecular weight is 589 g/mol. The second kappa shape index (κ2) is 10.8. The zero-order valence-electron chi connectivity index (χ0n) is 25.0. The molecule has 6 aromatic carbocycles. The lowest BCUT2D eigenvalue weighted by Gasteiger charge is -2.15. The maximum absolute atomic E-state index is 6.57. The van der Waals surface area contributed by atoms with Crippen LogP contribution in [-0.4, -0.2) is 9.55 Å². The van der Waals surface area contributed by atoms with Crippen molar-refractivity contribution in [3.05, 3.63) is 170 Å². The molecule has 0 radical (unpaired) electrons. The van der Waals surface area contributed by atoms with E-state index in [9.17, 15) is 0 Å². The molecule has 0 spiro atoms. The van der Waals surface area contributed by atoms with Gasteiger partial charge in [-0.25, -0.2) is 4.98 Å². The Morgan fingerprint density at radius 3 is 1.72 bits per heavy atom. The standard InChI is InChI=1S/C43H28N2O/c1-3-14-29(15-4-1)37-27-32(28-38(44-37)30-16-5-2-6-17-30)31-18-13-19-33(26-31)45-39-23-10-7-20-34(39)42-35-21-8-11-24-40(35)46-41-25-12-9-22-36(41)43(42)45/h1-28H. The largest absolute Gasteiger partial charge is 0.456 e. The lowest BCUT2D eigenvalue weighted by molar-refractivity contribution is 0.487. The van der Waals surface area contributed by atoms with Crippen molar-refractivity contribution >= 4 is 10.9 Å². The Hall–Kier alpha value is -6.19. The lowest BCUT2D eigenvalue weighted by Crippen LogP contribution is -1.98. The van der Waals surface area contributed by atoms with Gasteiger partial charge in [-0.3, -0.25) is 0 Å². The third kappa shape index (κ3) is 4.33. The molecule has 8 aromatic rings. The Kier molecular flexibility index (Phi) is 6.14. The molecular formula is C43H28N2O. The summed E-state index contributed by atoms with van der Waals surface area (Å²) < 4.78 is 8.96. The molecule has 0 atom stereocenters. The number of benzene rings is 6. The van der Waals surface area contributed by atoms with Crippen LogP contribution in [0.2, 0.25) is 0 Å². The number of ether oxygens (including phenoxy) is 1. The smallest absolute Gasteiger partial charge is 0.136 e. The highest BCUT2D eigenvalue weighted by Gasteiger charge is 2.28. The Morgan fingerprint density at radius 1 is 0.435 bits per heavy atom. The normalized spacial score (nSPS) is 11.7. The van der Waals surface area contributed by atoms with Gasteiger partial charge in [-0.05, 0) is 59.7 Å². The van der Waals surface area contributed by atoms with Crippen molar-refractivity contribution < 1.29 is 4.74 Å². The van der Waals surface area contributed by atoms with E-state index in [1.807, 2.05) is 24.3 Å². The minimum Gasteiger partial charge on any atom is -0.456 e. The molecule has 9 rings (SSSR count). The summed E-state index contributed by atoms with van der Waals surface area (Å²) in [5.74, 6) is 1.71. The molecule has 0 aliphatic carbocycles. The maximum Gasteiger partial charge on any atom is 0.136 e. The predicted molar refractivity (Wildman–Crippen MR) is 188 cm³/mol. The van der Waals surface area contributed by atoms with Crippen LogP contribution in [0.4, 0.5) is 0 Å². The molecule has 0 fully saturated rings. The summed E-state index contributed by atoms with van der Waals surface area (Å²) in [4.78, 5) is 5.11. The molecule has 46 heavy (non-hydrogen) atoms. The van der Waals surface area contributed by atoms with Crippen molar-refractivity contribution in [3.8, 4) is 73.2 Å². The Labute approximate surface area is 267 Å². The number of nitrogens with zero attached hydrogens (tertiary/aromatic N) is 2. The molecule has 2 aromatic heterocycles. The van der Waals surface area contributed by atoms with Crippen molar-refractivity contribution in [1.29, 1.82) is 0 Å². The highest BCUT2D eigenvalue weighted by molar-refractivity contribution is 6.08. The van der Waals surface area contributed by atoms with Crippen molar-refractivity contribution in [2.45, 2.75) is 0 Å². The summed E-state index contributed by atoms with van der Waals surface area (Å²) >= 11 is 0. The van der Waals surface area contributed by atoms with Gasteiger partial charge in [0.1, 0.15) is 11.5 Å². The monoisotopic (exact) mass is 588 g/mol. The van der Waals surface area contributed by atoms with Crippen molar-refractivity contribution in [1.82, 2.24) is 9.55 Å². The summed E-state index contributed by atoms with van der Waals surface area (Å²) in [5, 5.41) is 1.19. The van der Waals surface area contributed by atoms with Gasteiger partial charge in [0, 0.05) is 38.9 Å². The quantitative estimate of drug-likeness (QED) is 0.204. The van der Waals surface area contributed by atoms with Crippen LogP contribution in [0, 0.1) is 0 Å². The number of rotatable bonds is 4. The molecule has 0 saturated heterocycles. The van der Waals surface area contributed by atoms with Crippen molar-refractivity contribution in [2.24, 2.45) is 0 Å². The van der Waals surface area contributed by atoms with Gasteiger partial charge in [0.05, 0.1) is 22.6 Å². The van der Waals surface area contributed by atoms with Crippen LogP contribution < -0.4 is 4.74 Å². The number of para-hydroxylation sites is 3. The average Bonchev–Trinajstić information content (AvgIpc) is 3.40. The number of aromatic nitrogens is 2. The lowest BCUT2D eigenvalue weighted by atomic mass is 9.98. The first-order valence-corrected chi connectivity index (χ1v) is 15.6. The van der Waals surface area contributed by atoms with E-state index in [2.05, 4.69) is 150 Å². The summed E-state index contributed by atoms with van der Waals surface area (Å²) in [5.41, 5.74) is 13.0. The summed E-state index contributed by atoms with van der Waals surface area (Å²) in [7, 11) is 0. The zero-order valence-corrected chi connectivity index (χ0v) is 25.0. The second-order valence-electron chi connectivity index (χ2n) is 11.6. The minimum atomic E-state index is 0.850. The molecule has 1 aliphatic rings. The van der Waals surface area contributed by atoms with Crippen molar-refractivity contribution in [2.75, 3.05) is 0 Å². The molecule has 3 heteroatoms. The van der Waals surface area contributed by atoms with E-state index in [-0.39, 0.29) is 0 Å². The Balaban J connectivity index is 1.30. The number of hydrogen-bond acceptors (Lipinski definition) is 2. The number of hydrogen-bond donors (Lipinski definition) is 0. The van der Waals surface area contributed by atoms with Crippen LogP contribution >= 0.6 is 0 Å². The molecular weight excluding hydrogens is 560 g/mol. The third-order valence-corrected chi connectivity index (χ3v) is 8.80. The van der Waals surface area contributed by atoms with Gasteiger partial charge in [0.2, 0.25) is 0 Å². The van der Waals surface area contributed by atoms with Gasteiger partial charge in [-0.1, -0.05) is 121 Å². The fourth-order valence-electron chi connectivity index (χ4n) is 6.70. The Bertz CT molecular complexity index is 2330. The zero-order chi connectivity index (χ0) is 30.5. The molecule has 3 nitrogen and oxygen atoms in total. The third-order valence-electron chi connectivity index (χ3n) is 8.80. The van der Waals surface area contributed by atoms with E-state index in [0.717, 1.165) is 73.2 Å². The molecule has 0 bridgehead atoms. The first kappa shape index (κ1) is 26.2. The Morgan fingerprint density at radius 2 is 1.00 bits per heavy atom. The summed E-state index contributed by atoms with van der Waals surface area (Å²) in [6, 6.07) is 59.5. The van der Waals surface area contributed by atoms with Crippen LogP contribution in [0.3, 0.4) is 0 Å². The fourth-order valence-corrected chi connectivity index (χ4v) is 6.70. The molecule has 0 N–H and O–H groups in total. The van der Waals surface area contributed by atoms with E-state index < -0.39 is 0 Å². The first-order chi connectivity index (χ1) is 22.8. The number of pyridine rings is 1. The van der Waals surface area contributed by atoms with Gasteiger partial charge in [-0.15, -0.1) is 0 Å². The molecule has 3 heterocycles. The number of fused-ring (bicyclic) bond motifs is 7. The van der Waals surface area contributed by atoms with Crippen LogP contribution in [0.1, 0.15) is 0 Å². The summed E-state index contributed by atoms with van der Waals surface area (Å²) in [6.45, 7) is 0. The van der Waals surface area contributed by atoms with Gasteiger partial charge >= 0.3 is 0 Å². The molecule has 0 saturated carbocycles. The van der Waals surface area contributed by atoms with E-state index in [0.29, 0.717) is 0 Å². The maximum atomic E-state index is 6.57. The first-order valence-electron chi connectivity index (χ1n) is 15.6. The highest BCUT2D eigenvalue weighted by atomic mass is 16.5. The van der Waals surface area contributed by atoms with Gasteiger partial charge in [0.15, 0.2) is 0 Å². The van der Waals surface area contributed by atoms with Gasteiger partial charge < -0.3 is 9.30 Å². The topological polar surface area (TPSA) is 27.1 Å². The van der Waals surface area contributed by atoms with E-state index in [1.54, 1.807) is 0 Å². The van der Waals surface area contributed by atoms with Crippen LogP contribution in [0.15, 0.2) is 170 Å². The van der Waals surface area contributed by atoms with Crippen LogP contribution in [-0.2, 0) is 0 Å². The second-order valence-corrected chi connectivity index (χ2v) is 11.6. The fraction of sp³-hybridized carbons (Fsp3) is 0. The highest BCUT2D eigenvalue weighted by Crippen LogP contribution is 2.51. The van der Waals surface area contributed by atoms with Gasteiger partial charge in [-0.2, -0.15) is 0 Å². The van der Waals surface area contributed by atoms with E-state index >= 15 is 0 Å². The SMILES string of the molecule is c1ccc(-c2cc(-c3cccc(-n4c5c(c6ccccc64)-c4ccccc4Oc4ccccc4-5)c3)cc(-c3ccccc3)n2)cc1. The van der Waals surface area contributed by atoms with Crippen LogP contribution in [0.5, 0.6) is 11.5 Å². The summed E-state index contributed by atoms with van der Waals surface area (Å²) in [6.07, 6.45) is 0. The molecule has 216 valence electrons. The van der Waals surface area contributed by atoms with E-state index in [4.69, 9.17) is 9.72 Å². The predicted octanol–water partition coefficient (Wildman–Crippen LogP) is 11.5. The molecule has 0 amide bonds. The minimum absolute atomic E-state index is 0.850. The van der Waals surface area contributed by atoms with Crippen LogP contribution in [0.25, 0.3) is 72.6 Å². The van der Waals surface area contributed by atoms with E-state index in [1.165, 1.54) is 10.9 Å². The molecule has 0 unspecified atom stereocenters. The van der Waals surface area contributed by atoms with Crippen molar-refractivity contribution in [3.63, 3.8) is 0 Å². The molecule has 1 aliphatic heterocycles. The van der Waals surface area contributed by atoms with Gasteiger partial charge in [0.25, 0.3) is 0 Å².